The normalized spacial score (nSPS) is 21.5. The third kappa shape index (κ3) is 5.07. The zero-order chi connectivity index (χ0) is 29.4. The van der Waals surface area contributed by atoms with Gasteiger partial charge in [0.15, 0.2) is 5.82 Å². The maximum Gasteiger partial charge on any atom is 0.151 e. The van der Waals surface area contributed by atoms with Crippen molar-refractivity contribution in [2.75, 3.05) is 31.6 Å². The predicted molar refractivity (Wildman–Crippen MR) is 161 cm³/mol. The molecule has 1 aromatic heterocycles. The van der Waals surface area contributed by atoms with Crippen LogP contribution in [-0.2, 0) is 6.54 Å². The van der Waals surface area contributed by atoms with Crippen molar-refractivity contribution >= 4 is 5.69 Å². The fraction of sp³-hybridized carbons (Fsp3) is 0.312. The monoisotopic (exact) mass is 568 g/mol. The zero-order valence-corrected chi connectivity index (χ0v) is 24.2. The first kappa shape index (κ1) is 28.0. The van der Waals surface area contributed by atoms with Crippen LogP contribution in [0.5, 0.6) is 5.75 Å². The number of hydrogen-bond acceptors (Lipinski definition) is 8. The van der Waals surface area contributed by atoms with Crippen LogP contribution in [0.1, 0.15) is 29.8 Å². The van der Waals surface area contributed by atoms with Gasteiger partial charge < -0.3 is 15.4 Å². The molecule has 2 aliphatic rings. The van der Waals surface area contributed by atoms with Crippen LogP contribution in [0.15, 0.2) is 90.4 Å². The van der Waals surface area contributed by atoms with Crippen molar-refractivity contribution in [3.05, 3.63) is 113 Å². The van der Waals surface area contributed by atoms with Gasteiger partial charge in [-0.1, -0.05) is 49.4 Å². The van der Waals surface area contributed by atoms with Crippen molar-refractivity contribution in [2.45, 2.75) is 38.8 Å². The molecule has 6 rings (SSSR count). The highest BCUT2D eigenvalue weighted by Gasteiger charge is 2.43. The highest BCUT2D eigenvalue weighted by Crippen LogP contribution is 2.42. The van der Waals surface area contributed by atoms with Gasteiger partial charge in [-0.05, 0) is 54.0 Å². The van der Waals surface area contributed by atoms with Crippen LogP contribution in [0.25, 0.3) is 5.69 Å². The summed E-state index contributed by atoms with van der Waals surface area (Å²) < 4.78 is 22.6. The van der Waals surface area contributed by atoms with E-state index in [0.717, 1.165) is 35.7 Å². The number of aryl methyl sites for hydroxylation is 1. The van der Waals surface area contributed by atoms with E-state index in [2.05, 4.69) is 61.2 Å². The Bertz CT molecular complexity index is 1570. The summed E-state index contributed by atoms with van der Waals surface area (Å²) >= 11 is 0. The van der Waals surface area contributed by atoms with Gasteiger partial charge in [-0.3, -0.25) is 15.5 Å². The maximum atomic E-state index is 15.7. The number of nitrogens with two attached hydrogens (primary N) is 2. The van der Waals surface area contributed by atoms with Gasteiger partial charge in [-0.25, -0.2) is 14.1 Å². The maximum absolute atomic E-state index is 15.7. The number of nitrogens with zero attached hydrogens (tertiary/aromatic N) is 6. The van der Waals surface area contributed by atoms with Crippen LogP contribution < -0.4 is 21.1 Å². The Kier molecular flexibility index (Phi) is 7.78. The molecule has 0 amide bonds. The molecule has 3 aromatic carbocycles. The van der Waals surface area contributed by atoms with Gasteiger partial charge in [0.05, 0.1) is 13.3 Å². The van der Waals surface area contributed by atoms with Crippen molar-refractivity contribution in [1.29, 1.82) is 0 Å². The van der Waals surface area contributed by atoms with E-state index in [4.69, 9.17) is 16.2 Å². The lowest BCUT2D eigenvalue weighted by Gasteiger charge is -2.53. The van der Waals surface area contributed by atoms with E-state index in [9.17, 15) is 0 Å². The summed E-state index contributed by atoms with van der Waals surface area (Å²) in [4.78, 5) is 10.7. The molecule has 0 aliphatic carbocycles. The largest absolute Gasteiger partial charge is 0.497 e. The molecule has 3 atom stereocenters. The van der Waals surface area contributed by atoms with Crippen LogP contribution in [0.3, 0.4) is 0 Å². The third-order valence-electron chi connectivity index (χ3n) is 8.36. The third-order valence-corrected chi connectivity index (χ3v) is 8.36. The minimum atomic E-state index is -0.568. The average Bonchev–Trinajstić information content (AvgIpc) is 3.43. The Labute approximate surface area is 245 Å². The first-order valence-electron chi connectivity index (χ1n) is 14.3. The Hall–Kier alpha value is -4.09. The van der Waals surface area contributed by atoms with Crippen LogP contribution in [0, 0.1) is 12.7 Å². The number of likely N-dealkylation sites (N-methyl/N-ethyl adjacent to an activating group) is 1. The van der Waals surface area contributed by atoms with E-state index >= 15 is 4.39 Å². The second-order valence-electron chi connectivity index (χ2n) is 10.8. The van der Waals surface area contributed by atoms with Gasteiger partial charge in [0, 0.05) is 43.5 Å². The number of hydrogen-bond donors (Lipinski definition) is 2. The fourth-order valence-corrected chi connectivity index (χ4v) is 6.27. The van der Waals surface area contributed by atoms with Crippen molar-refractivity contribution in [3.8, 4) is 11.4 Å². The molecule has 2 aliphatic heterocycles. The van der Waals surface area contributed by atoms with Gasteiger partial charge >= 0.3 is 0 Å². The number of methoxy groups -OCH3 is 1. The topological polar surface area (TPSA) is 102 Å². The Balaban J connectivity index is 1.45. The average molecular weight is 569 g/mol. The molecule has 9 nitrogen and oxygen atoms in total. The molecule has 0 spiro atoms. The molecule has 4 N–H and O–H groups in total. The Morgan fingerprint density at radius 2 is 1.79 bits per heavy atom. The molecular weight excluding hydrogens is 531 g/mol. The van der Waals surface area contributed by atoms with Crippen LogP contribution >= 0.6 is 0 Å². The predicted octanol–water partition coefficient (Wildman–Crippen LogP) is 3.95. The molecule has 3 heterocycles. The molecule has 4 aromatic rings. The first-order valence-corrected chi connectivity index (χ1v) is 14.3. The highest BCUT2D eigenvalue weighted by molar-refractivity contribution is 5.61. The van der Waals surface area contributed by atoms with Crippen LogP contribution in [-0.4, -0.2) is 63.8 Å². The molecule has 0 bridgehead atoms. The molecule has 0 radical (unpaired) electrons. The lowest BCUT2D eigenvalue weighted by molar-refractivity contribution is 0.126. The van der Waals surface area contributed by atoms with Crippen LogP contribution in [0.4, 0.5) is 10.1 Å². The van der Waals surface area contributed by atoms with Gasteiger partial charge in [-0.2, -0.15) is 5.10 Å². The van der Waals surface area contributed by atoms with Crippen LogP contribution in [0.2, 0.25) is 0 Å². The van der Waals surface area contributed by atoms with Gasteiger partial charge in [0.25, 0.3) is 0 Å². The minimum Gasteiger partial charge on any atom is -0.497 e. The van der Waals surface area contributed by atoms with Gasteiger partial charge in [-0.15, -0.1) is 0 Å². The first-order chi connectivity index (χ1) is 20.4. The van der Waals surface area contributed by atoms with E-state index in [-0.39, 0.29) is 12.1 Å². The number of rotatable bonds is 7. The second kappa shape index (κ2) is 11.7. The van der Waals surface area contributed by atoms with Crippen molar-refractivity contribution in [3.63, 3.8) is 0 Å². The number of anilines is 1. The summed E-state index contributed by atoms with van der Waals surface area (Å²) in [6.07, 6.45) is 0.481. The quantitative estimate of drug-likeness (QED) is 0.346. The molecule has 0 fully saturated rings. The minimum absolute atomic E-state index is 0.0235. The van der Waals surface area contributed by atoms with Gasteiger partial charge in [0.1, 0.15) is 29.9 Å². The fourth-order valence-electron chi connectivity index (χ4n) is 6.27. The summed E-state index contributed by atoms with van der Waals surface area (Å²) in [5, 5.41) is 4.19. The number of benzene rings is 3. The smallest absolute Gasteiger partial charge is 0.151 e. The van der Waals surface area contributed by atoms with E-state index in [0.29, 0.717) is 30.3 Å². The lowest BCUT2D eigenvalue weighted by Crippen LogP contribution is -2.66. The molecule has 0 saturated carbocycles. The van der Waals surface area contributed by atoms with E-state index < -0.39 is 12.1 Å². The molecule has 218 valence electrons. The standard InChI is InChI=1S/C32H37FN8O/c1-4-39-31(34)27-19-38(17-22-10-13-25(42-3)14-11-22)18-26(23-8-6-5-7-9-23)30(27)40(32(39)35)24-12-15-29(28(33)16-24)41-21(2)36-20-37-41/h5-16,20,26,31-32H,4,17-19,34-35H2,1-3H3. The van der Waals surface area contributed by atoms with E-state index in [1.165, 1.54) is 22.6 Å². The van der Waals surface area contributed by atoms with E-state index in [1.807, 2.05) is 31.2 Å². The summed E-state index contributed by atoms with van der Waals surface area (Å²) in [6.45, 7) is 6.67. The highest BCUT2D eigenvalue weighted by atomic mass is 19.1. The number of halogens is 1. The van der Waals surface area contributed by atoms with Gasteiger partial charge in [0.2, 0.25) is 0 Å². The molecule has 3 unspecified atom stereocenters. The summed E-state index contributed by atoms with van der Waals surface area (Å²) in [5.41, 5.74) is 19.4. The molecular formula is C32H37FN8O. The number of ether oxygens (including phenoxy) is 1. The summed E-state index contributed by atoms with van der Waals surface area (Å²) in [5.74, 6) is 1.02. The number of aromatic nitrogens is 3. The van der Waals surface area contributed by atoms with Crippen molar-refractivity contribution in [1.82, 2.24) is 24.6 Å². The Morgan fingerprint density at radius 3 is 2.43 bits per heavy atom. The molecule has 0 saturated heterocycles. The summed E-state index contributed by atoms with van der Waals surface area (Å²) in [7, 11) is 1.67. The lowest BCUT2D eigenvalue weighted by atomic mass is 9.85. The summed E-state index contributed by atoms with van der Waals surface area (Å²) in [6, 6.07) is 23.8. The van der Waals surface area contributed by atoms with E-state index in [1.54, 1.807) is 20.1 Å². The van der Waals surface area contributed by atoms with Crippen molar-refractivity contribution in [2.24, 2.45) is 11.5 Å². The molecule has 10 heteroatoms. The SMILES string of the molecule is CCN1C(N)C2=C(C(c3ccccc3)CN(Cc3ccc(OC)cc3)C2)N(c2ccc(-n3ncnc3C)c(F)c2)C1N. The van der Waals surface area contributed by atoms with Crippen molar-refractivity contribution < 1.29 is 9.13 Å². The second-order valence-corrected chi connectivity index (χ2v) is 10.8. The molecule has 42 heavy (non-hydrogen) atoms. The Morgan fingerprint density at radius 1 is 1.02 bits per heavy atom. The zero-order valence-electron chi connectivity index (χ0n) is 24.2.